The van der Waals surface area contributed by atoms with E-state index in [-0.39, 0.29) is 30.4 Å². The number of carbonyl (C=O) groups excluding carboxylic acids is 1. The van der Waals surface area contributed by atoms with Crippen LogP contribution in [0.15, 0.2) is 93.9 Å². The van der Waals surface area contributed by atoms with Gasteiger partial charge >= 0.3 is 0 Å². The number of hydrogen-bond acceptors (Lipinski definition) is 9. The van der Waals surface area contributed by atoms with Crippen molar-refractivity contribution in [3.05, 3.63) is 106 Å². The van der Waals surface area contributed by atoms with Gasteiger partial charge in [-0.3, -0.25) is 10.0 Å². The number of carbonyl (C=O) groups is 1. The van der Waals surface area contributed by atoms with Gasteiger partial charge in [0.2, 0.25) is 5.90 Å². The summed E-state index contributed by atoms with van der Waals surface area (Å²) in [7, 11) is -3.84. The van der Waals surface area contributed by atoms with Crippen LogP contribution in [0.5, 0.6) is 5.75 Å². The zero-order valence-corrected chi connectivity index (χ0v) is 22.8. The van der Waals surface area contributed by atoms with Crippen molar-refractivity contribution in [3.8, 4) is 5.75 Å². The molecule has 0 aromatic heterocycles. The van der Waals surface area contributed by atoms with Crippen LogP contribution in [0, 0.1) is 0 Å². The smallest absolute Gasteiger partial charge is 0.275 e. The number of benzene rings is 3. The highest BCUT2D eigenvalue weighted by Gasteiger charge is 2.54. The molecule has 0 radical (unpaired) electrons. The maximum atomic E-state index is 13.4. The number of aliphatic hydroxyl groups is 1. The first-order valence-electron chi connectivity index (χ1n) is 12.8. The summed E-state index contributed by atoms with van der Waals surface area (Å²) in [6.45, 7) is 0.272. The van der Waals surface area contributed by atoms with Crippen LogP contribution in [0.25, 0.3) is 10.4 Å². The monoisotopic (exact) mass is 579 g/mol. The van der Waals surface area contributed by atoms with Gasteiger partial charge in [0, 0.05) is 29.9 Å². The molecule has 12 nitrogen and oxygen atoms in total. The molecule has 1 amide bonds. The van der Waals surface area contributed by atoms with Crippen LogP contribution in [0.2, 0.25) is 0 Å². The van der Waals surface area contributed by atoms with Crippen molar-refractivity contribution in [2.45, 2.75) is 35.9 Å². The highest BCUT2D eigenvalue weighted by Crippen LogP contribution is 2.44. The van der Waals surface area contributed by atoms with Crippen molar-refractivity contribution in [3.63, 3.8) is 0 Å². The van der Waals surface area contributed by atoms with Gasteiger partial charge in [-0.15, -0.1) is 0 Å². The molecule has 3 N–H and O–H groups in total. The number of azide groups is 1. The Hall–Kier alpha value is -4.42. The lowest BCUT2D eigenvalue weighted by Crippen LogP contribution is -2.48. The average molecular weight is 580 g/mol. The molecule has 1 heterocycles. The Morgan fingerprint density at radius 1 is 1.10 bits per heavy atom. The molecule has 1 aliphatic heterocycles. The third-order valence-corrected chi connectivity index (χ3v) is 8.36. The van der Waals surface area contributed by atoms with Gasteiger partial charge in [0.1, 0.15) is 5.75 Å². The van der Waals surface area contributed by atoms with E-state index in [4.69, 9.17) is 20.1 Å². The lowest BCUT2D eigenvalue weighted by Gasteiger charge is -2.30. The van der Waals surface area contributed by atoms with Gasteiger partial charge in [-0.05, 0) is 53.1 Å². The van der Waals surface area contributed by atoms with Gasteiger partial charge in [0.25, 0.3) is 5.91 Å². The lowest BCUT2D eigenvalue weighted by atomic mass is 9.83. The quantitative estimate of drug-likeness (QED) is 0.0685. The van der Waals surface area contributed by atoms with Crippen LogP contribution in [0.1, 0.15) is 35.6 Å². The minimum absolute atomic E-state index is 0.000264. The van der Waals surface area contributed by atoms with E-state index in [0.717, 1.165) is 0 Å². The minimum atomic E-state index is -3.84. The van der Waals surface area contributed by atoms with Gasteiger partial charge in [-0.1, -0.05) is 47.6 Å². The third-order valence-electron chi connectivity index (χ3n) is 6.63. The Morgan fingerprint density at radius 3 is 2.49 bits per heavy atom. The Morgan fingerprint density at radius 2 is 1.80 bits per heavy atom. The normalized spacial score (nSPS) is 18.1. The zero-order chi connectivity index (χ0) is 29.3. The van der Waals surface area contributed by atoms with Crippen LogP contribution < -0.4 is 10.2 Å². The second-order valence-corrected chi connectivity index (χ2v) is 11.3. The number of aliphatic imine (C=N–C) groups is 1. The van der Waals surface area contributed by atoms with Crippen molar-refractivity contribution in [2.75, 3.05) is 19.0 Å². The number of rotatable bonds is 13. The number of hydroxylamine groups is 1. The second kappa shape index (κ2) is 13.3. The summed E-state index contributed by atoms with van der Waals surface area (Å²) in [6.07, 6.45) is -1.02. The number of nitrogens with one attached hydrogen (secondary N) is 1. The number of aliphatic hydroxyl groups excluding tert-OH is 1. The van der Waals surface area contributed by atoms with Crippen LogP contribution in [-0.4, -0.2) is 55.0 Å². The summed E-state index contributed by atoms with van der Waals surface area (Å²) in [4.78, 5) is 20.9. The fourth-order valence-electron chi connectivity index (χ4n) is 4.52. The molecule has 41 heavy (non-hydrogen) atoms. The molecule has 2 atom stereocenters. The summed E-state index contributed by atoms with van der Waals surface area (Å²) in [5, 5.41) is 22.4. The standard InChI is InChI=1S/C28H29N5O7S/c29-33-30-19-21-7-4-5-10-24(21)25-28(27(35)32-36,15-18-41(37,38)23-8-2-1-3-9-23)31-26(40-25)20-11-13-22(14-12-20)39-17-6-16-34/h1-5,7-14,25,34,36H,6,15-19H2,(H,32,35)/t25-,28-/m0/s1. The summed E-state index contributed by atoms with van der Waals surface area (Å²) in [5.41, 5.74) is 10.1. The van der Waals surface area contributed by atoms with Crippen molar-refractivity contribution >= 4 is 21.6 Å². The molecule has 0 aliphatic carbocycles. The van der Waals surface area contributed by atoms with Crippen LogP contribution >= 0.6 is 0 Å². The zero-order valence-electron chi connectivity index (χ0n) is 22.0. The second-order valence-electron chi connectivity index (χ2n) is 9.20. The van der Waals surface area contributed by atoms with Crippen LogP contribution in [0.3, 0.4) is 0 Å². The number of sulfone groups is 1. The molecule has 214 valence electrons. The Balaban J connectivity index is 1.78. The lowest BCUT2D eigenvalue weighted by molar-refractivity contribution is -0.137. The SMILES string of the molecule is [N-]=[N+]=NCc1ccccc1[C@@H]1OC(c2ccc(OCCCO)cc2)=N[C@]1(CCS(=O)(=O)c1ccccc1)C(=O)NO. The molecule has 1 aliphatic rings. The number of nitrogens with zero attached hydrogens (tertiary/aromatic N) is 4. The fourth-order valence-corrected chi connectivity index (χ4v) is 5.91. The molecule has 13 heteroatoms. The van der Waals surface area contributed by atoms with E-state index in [1.807, 2.05) is 0 Å². The van der Waals surface area contributed by atoms with E-state index in [2.05, 4.69) is 15.0 Å². The molecule has 3 aromatic rings. The maximum Gasteiger partial charge on any atom is 0.275 e. The summed E-state index contributed by atoms with van der Waals surface area (Å²) in [5.74, 6) is -0.832. The third kappa shape index (κ3) is 6.67. The first kappa shape index (κ1) is 29.6. The van der Waals surface area contributed by atoms with Gasteiger partial charge in [0.15, 0.2) is 21.5 Å². The largest absolute Gasteiger partial charge is 0.494 e. The molecule has 3 aromatic carbocycles. The first-order chi connectivity index (χ1) is 19.8. The van der Waals surface area contributed by atoms with E-state index in [9.17, 15) is 18.4 Å². The molecule has 0 bridgehead atoms. The highest BCUT2D eigenvalue weighted by molar-refractivity contribution is 7.91. The van der Waals surface area contributed by atoms with E-state index < -0.39 is 33.1 Å². The predicted octanol–water partition coefficient (Wildman–Crippen LogP) is 3.88. The summed E-state index contributed by atoms with van der Waals surface area (Å²) < 4.78 is 38.3. The van der Waals surface area contributed by atoms with E-state index >= 15 is 0 Å². The molecule has 4 rings (SSSR count). The molecule has 0 saturated carbocycles. The van der Waals surface area contributed by atoms with Crippen molar-refractivity contribution in [1.29, 1.82) is 0 Å². The van der Waals surface area contributed by atoms with Crippen molar-refractivity contribution in [1.82, 2.24) is 5.48 Å². The Bertz CT molecular complexity index is 1540. The topological polar surface area (TPSA) is 183 Å². The summed E-state index contributed by atoms with van der Waals surface area (Å²) >= 11 is 0. The van der Waals surface area contributed by atoms with Gasteiger partial charge in [-0.25, -0.2) is 18.9 Å². The number of ether oxygens (including phenoxy) is 2. The van der Waals surface area contributed by atoms with Crippen molar-refractivity contribution < 1.29 is 33.0 Å². The van der Waals surface area contributed by atoms with Gasteiger partial charge in [-0.2, -0.15) is 0 Å². The highest BCUT2D eigenvalue weighted by atomic mass is 32.2. The van der Waals surface area contributed by atoms with Gasteiger partial charge < -0.3 is 14.6 Å². The minimum Gasteiger partial charge on any atom is -0.494 e. The Labute approximate surface area is 236 Å². The van der Waals surface area contributed by atoms with Gasteiger partial charge in [0.05, 0.1) is 23.8 Å². The summed E-state index contributed by atoms with van der Waals surface area (Å²) in [6, 6.07) is 21.3. The molecule has 0 unspecified atom stereocenters. The van der Waals surface area contributed by atoms with Crippen LogP contribution in [0.4, 0.5) is 0 Å². The van der Waals surface area contributed by atoms with E-state index in [0.29, 0.717) is 35.5 Å². The molecule has 0 fully saturated rings. The number of hydrogen-bond donors (Lipinski definition) is 3. The first-order valence-corrected chi connectivity index (χ1v) is 14.4. The maximum absolute atomic E-state index is 13.4. The molecular weight excluding hydrogens is 550 g/mol. The average Bonchev–Trinajstić information content (AvgIpc) is 3.40. The molecule has 0 saturated heterocycles. The number of amides is 1. The van der Waals surface area contributed by atoms with Crippen LogP contribution in [-0.2, 0) is 25.9 Å². The Kier molecular flexibility index (Phi) is 9.58. The fraction of sp³-hybridized carbons (Fsp3) is 0.286. The predicted molar refractivity (Wildman–Crippen MR) is 149 cm³/mol. The molecular formula is C28H29N5O7S. The van der Waals surface area contributed by atoms with Crippen molar-refractivity contribution in [2.24, 2.45) is 10.1 Å². The van der Waals surface area contributed by atoms with E-state index in [1.165, 1.54) is 12.1 Å². The molecule has 0 spiro atoms. The van der Waals surface area contributed by atoms with E-state index in [1.54, 1.807) is 72.2 Å².